The molecule has 0 aromatic heterocycles. The predicted octanol–water partition coefficient (Wildman–Crippen LogP) is 1.47. The summed E-state index contributed by atoms with van der Waals surface area (Å²) in [6.45, 7) is 3.56. The first-order valence-corrected chi connectivity index (χ1v) is 4.46. The van der Waals surface area contributed by atoms with E-state index >= 15 is 0 Å². The number of hydrogen-bond acceptors (Lipinski definition) is 3. The lowest BCUT2D eigenvalue weighted by Crippen LogP contribution is -2.05. The Morgan fingerprint density at radius 3 is 2.67 bits per heavy atom. The monoisotopic (exact) mass is 171 g/mol. The van der Waals surface area contributed by atoms with Crippen molar-refractivity contribution in [3.8, 4) is 6.07 Å². The van der Waals surface area contributed by atoms with Crippen molar-refractivity contribution in [3.63, 3.8) is 0 Å². The molecule has 0 spiro atoms. The maximum atomic E-state index is 8.84. The largest absolute Gasteiger partial charge is 0.381 e. The topological polar surface area (TPSA) is 53.2 Å². The van der Waals surface area contributed by atoms with Crippen LogP contribution in [0.2, 0.25) is 0 Å². The van der Waals surface area contributed by atoms with E-state index in [1.165, 1.54) is 0 Å². The molecule has 0 fully saturated rings. The lowest BCUT2D eigenvalue weighted by Gasteiger charge is -2.03. The minimum atomic E-state index is -0.820. The molecule has 0 radical (unpaired) electrons. The highest BCUT2D eigenvalue weighted by Gasteiger charge is 1.99. The molecule has 0 aliphatic heterocycles. The molecule has 0 bridgehead atoms. The molecular weight excluding hydrogens is 154 g/mol. The summed E-state index contributed by atoms with van der Waals surface area (Å²) in [4.78, 5) is 0. The van der Waals surface area contributed by atoms with Crippen molar-refractivity contribution in [3.05, 3.63) is 0 Å². The number of aliphatic hydroxyl groups excluding tert-OH is 1. The van der Waals surface area contributed by atoms with Crippen LogP contribution in [0.15, 0.2) is 0 Å². The minimum absolute atomic E-state index is 0.516. The van der Waals surface area contributed by atoms with Crippen LogP contribution in [-0.2, 0) is 4.74 Å². The SMILES string of the molecule is CCCCOCCCC(O)C#N. The Labute approximate surface area is 74.0 Å². The van der Waals surface area contributed by atoms with Gasteiger partial charge in [-0.05, 0) is 19.3 Å². The number of aliphatic hydroxyl groups is 1. The average Bonchev–Trinajstić information content (AvgIpc) is 2.10. The standard InChI is InChI=1S/C9H17NO2/c1-2-3-6-12-7-4-5-9(11)8-10/h9,11H,2-7H2,1H3. The van der Waals surface area contributed by atoms with Gasteiger partial charge in [0.2, 0.25) is 0 Å². The van der Waals surface area contributed by atoms with Crippen molar-refractivity contribution in [2.24, 2.45) is 0 Å². The molecule has 0 aromatic carbocycles. The van der Waals surface area contributed by atoms with Gasteiger partial charge in [0.15, 0.2) is 0 Å². The van der Waals surface area contributed by atoms with E-state index in [4.69, 9.17) is 15.1 Å². The first-order chi connectivity index (χ1) is 5.81. The van der Waals surface area contributed by atoms with Crippen molar-refractivity contribution in [1.82, 2.24) is 0 Å². The third-order valence-electron chi connectivity index (χ3n) is 1.56. The van der Waals surface area contributed by atoms with Crippen LogP contribution in [-0.4, -0.2) is 24.4 Å². The molecule has 0 saturated heterocycles. The van der Waals surface area contributed by atoms with E-state index < -0.39 is 6.10 Å². The Bertz CT molecular complexity index is 131. The quantitative estimate of drug-likeness (QED) is 0.466. The third kappa shape index (κ3) is 7.52. The highest BCUT2D eigenvalue weighted by Crippen LogP contribution is 1.96. The second-order valence-electron chi connectivity index (χ2n) is 2.75. The van der Waals surface area contributed by atoms with E-state index in [-0.39, 0.29) is 0 Å². The van der Waals surface area contributed by atoms with Gasteiger partial charge in [0, 0.05) is 13.2 Å². The fourth-order valence-corrected chi connectivity index (χ4v) is 0.792. The minimum Gasteiger partial charge on any atom is -0.381 e. The number of rotatable bonds is 7. The van der Waals surface area contributed by atoms with Crippen LogP contribution in [0.4, 0.5) is 0 Å². The van der Waals surface area contributed by atoms with E-state index in [1.807, 2.05) is 0 Å². The molecule has 0 aliphatic rings. The highest BCUT2D eigenvalue weighted by atomic mass is 16.5. The summed E-state index contributed by atoms with van der Waals surface area (Å²) in [5.41, 5.74) is 0. The average molecular weight is 171 g/mol. The second-order valence-corrected chi connectivity index (χ2v) is 2.75. The van der Waals surface area contributed by atoms with Gasteiger partial charge in [0.1, 0.15) is 6.10 Å². The molecule has 70 valence electrons. The van der Waals surface area contributed by atoms with E-state index in [0.717, 1.165) is 25.9 Å². The first kappa shape index (κ1) is 11.4. The molecule has 0 saturated carbocycles. The lowest BCUT2D eigenvalue weighted by atomic mass is 10.2. The van der Waals surface area contributed by atoms with E-state index in [2.05, 4.69) is 6.92 Å². The van der Waals surface area contributed by atoms with Crippen molar-refractivity contribution in [2.75, 3.05) is 13.2 Å². The molecule has 0 rings (SSSR count). The lowest BCUT2D eigenvalue weighted by molar-refractivity contribution is 0.116. The van der Waals surface area contributed by atoms with Crippen LogP contribution in [0, 0.1) is 11.3 Å². The summed E-state index contributed by atoms with van der Waals surface area (Å²) in [6, 6.07) is 1.77. The van der Waals surface area contributed by atoms with Gasteiger partial charge >= 0.3 is 0 Å². The third-order valence-corrected chi connectivity index (χ3v) is 1.56. The molecule has 0 heterocycles. The maximum absolute atomic E-state index is 8.84. The number of ether oxygens (including phenoxy) is 1. The Kier molecular flexibility index (Phi) is 8.09. The van der Waals surface area contributed by atoms with Gasteiger partial charge in [-0.15, -0.1) is 0 Å². The van der Waals surface area contributed by atoms with E-state index in [1.54, 1.807) is 6.07 Å². The molecule has 3 heteroatoms. The molecule has 0 aliphatic carbocycles. The van der Waals surface area contributed by atoms with Gasteiger partial charge in [-0.25, -0.2) is 0 Å². The van der Waals surface area contributed by atoms with Crippen molar-refractivity contribution < 1.29 is 9.84 Å². The van der Waals surface area contributed by atoms with Crippen LogP contribution in [0.1, 0.15) is 32.6 Å². The van der Waals surface area contributed by atoms with E-state index in [9.17, 15) is 0 Å². The normalized spacial score (nSPS) is 12.4. The summed E-state index contributed by atoms with van der Waals surface area (Å²) in [7, 11) is 0. The fourth-order valence-electron chi connectivity index (χ4n) is 0.792. The number of unbranched alkanes of at least 4 members (excludes halogenated alkanes) is 1. The van der Waals surface area contributed by atoms with Gasteiger partial charge in [-0.3, -0.25) is 0 Å². The molecule has 0 aromatic rings. The first-order valence-electron chi connectivity index (χ1n) is 4.46. The van der Waals surface area contributed by atoms with E-state index in [0.29, 0.717) is 13.0 Å². The molecule has 12 heavy (non-hydrogen) atoms. The highest BCUT2D eigenvalue weighted by molar-refractivity contribution is 4.81. The molecule has 1 unspecified atom stereocenters. The van der Waals surface area contributed by atoms with Crippen LogP contribution in [0.25, 0.3) is 0 Å². The summed E-state index contributed by atoms with van der Waals surface area (Å²) in [5.74, 6) is 0. The van der Waals surface area contributed by atoms with Crippen molar-refractivity contribution in [1.29, 1.82) is 5.26 Å². The van der Waals surface area contributed by atoms with Gasteiger partial charge < -0.3 is 9.84 Å². The summed E-state index contributed by atoms with van der Waals surface area (Å²) in [5, 5.41) is 17.1. The van der Waals surface area contributed by atoms with Gasteiger partial charge in [-0.1, -0.05) is 13.3 Å². The Morgan fingerprint density at radius 1 is 1.42 bits per heavy atom. The second kappa shape index (κ2) is 8.51. The van der Waals surface area contributed by atoms with Crippen LogP contribution in [0.5, 0.6) is 0 Å². The zero-order valence-electron chi connectivity index (χ0n) is 7.62. The predicted molar refractivity (Wildman–Crippen MR) is 46.6 cm³/mol. The van der Waals surface area contributed by atoms with Crippen molar-refractivity contribution >= 4 is 0 Å². The van der Waals surface area contributed by atoms with Crippen LogP contribution in [0.3, 0.4) is 0 Å². The molecule has 3 nitrogen and oxygen atoms in total. The Balaban J connectivity index is 2.96. The maximum Gasteiger partial charge on any atom is 0.140 e. The molecular formula is C9H17NO2. The van der Waals surface area contributed by atoms with Crippen LogP contribution >= 0.6 is 0 Å². The van der Waals surface area contributed by atoms with Crippen molar-refractivity contribution in [2.45, 2.75) is 38.7 Å². The summed E-state index contributed by atoms with van der Waals surface area (Å²) < 4.78 is 5.25. The zero-order valence-corrected chi connectivity index (χ0v) is 7.62. The number of hydrogen-bond donors (Lipinski definition) is 1. The fraction of sp³-hybridized carbons (Fsp3) is 0.889. The van der Waals surface area contributed by atoms with Gasteiger partial charge in [0.25, 0.3) is 0 Å². The summed E-state index contributed by atoms with van der Waals surface area (Å²) >= 11 is 0. The summed E-state index contributed by atoms with van der Waals surface area (Å²) in [6.07, 6.45) is 2.68. The number of nitrogens with zero attached hydrogens (tertiary/aromatic N) is 1. The van der Waals surface area contributed by atoms with Crippen LogP contribution < -0.4 is 0 Å². The molecule has 1 atom stereocenters. The van der Waals surface area contributed by atoms with Gasteiger partial charge in [-0.2, -0.15) is 5.26 Å². The Hall–Kier alpha value is -0.590. The Morgan fingerprint density at radius 2 is 2.08 bits per heavy atom. The zero-order chi connectivity index (χ0) is 9.23. The molecule has 0 amide bonds. The smallest absolute Gasteiger partial charge is 0.140 e. The number of nitriles is 1. The van der Waals surface area contributed by atoms with Gasteiger partial charge in [0.05, 0.1) is 6.07 Å². The molecule has 1 N–H and O–H groups in total.